The second-order valence-corrected chi connectivity index (χ2v) is 7.05. The molecule has 25 heavy (non-hydrogen) atoms. The van der Waals surface area contributed by atoms with Gasteiger partial charge < -0.3 is 4.74 Å². The molecule has 2 aliphatic rings. The second kappa shape index (κ2) is 6.97. The molecule has 4 atom stereocenters. The lowest BCUT2D eigenvalue weighted by molar-refractivity contribution is -0.125. The maximum atomic E-state index is 12.9. The third-order valence-electron chi connectivity index (χ3n) is 5.45. The van der Waals surface area contributed by atoms with Crippen LogP contribution in [0.4, 0.5) is 0 Å². The number of benzene rings is 2. The molecule has 2 aromatic carbocycles. The van der Waals surface area contributed by atoms with Gasteiger partial charge in [0.05, 0.1) is 18.1 Å². The quantitative estimate of drug-likeness (QED) is 0.696. The minimum absolute atomic E-state index is 0.0109. The molecule has 0 N–H and O–H groups in total. The summed E-state index contributed by atoms with van der Waals surface area (Å²) in [4.78, 5) is 12.9. The molecule has 0 aromatic heterocycles. The van der Waals surface area contributed by atoms with Gasteiger partial charge in [0, 0.05) is 12.3 Å². The Balaban J connectivity index is 1.65. The predicted octanol–water partition coefficient (Wildman–Crippen LogP) is 5.52. The minimum Gasteiger partial charge on any atom is -0.364 e. The molecule has 2 aromatic rings. The predicted molar refractivity (Wildman–Crippen MR) is 100.0 cm³/mol. The molecule has 2 bridgehead atoms. The highest BCUT2D eigenvalue weighted by Gasteiger charge is 2.53. The van der Waals surface area contributed by atoms with E-state index in [0.717, 1.165) is 12.8 Å². The fourth-order valence-electron chi connectivity index (χ4n) is 4.21. The molecule has 2 aliphatic heterocycles. The summed E-state index contributed by atoms with van der Waals surface area (Å²) in [5.41, 5.74) is 3.64. The molecule has 1 saturated heterocycles. The van der Waals surface area contributed by atoms with Crippen LogP contribution in [0.3, 0.4) is 0 Å². The van der Waals surface area contributed by atoms with Gasteiger partial charge in [-0.1, -0.05) is 80.1 Å². The zero-order valence-electron chi connectivity index (χ0n) is 14.6. The molecule has 0 amide bonds. The van der Waals surface area contributed by atoms with Crippen molar-refractivity contribution in [2.45, 2.75) is 38.4 Å². The lowest BCUT2D eigenvalue weighted by Gasteiger charge is -2.26. The maximum Gasteiger partial charge on any atom is 0.139 e. The van der Waals surface area contributed by atoms with Crippen LogP contribution in [-0.4, -0.2) is 5.78 Å². The number of carbonyl (C=O) groups excluding carboxylic acids is 1. The van der Waals surface area contributed by atoms with E-state index < -0.39 is 0 Å². The Kier molecular flexibility index (Phi) is 4.54. The Labute approximate surface area is 149 Å². The van der Waals surface area contributed by atoms with Gasteiger partial charge >= 0.3 is 0 Å². The van der Waals surface area contributed by atoms with E-state index in [1.54, 1.807) is 0 Å². The number of ketones is 1. The van der Waals surface area contributed by atoms with Gasteiger partial charge in [-0.15, -0.1) is 0 Å². The Bertz CT molecular complexity index is 778. The lowest BCUT2D eigenvalue weighted by atomic mass is 9.73. The van der Waals surface area contributed by atoms with Crippen LogP contribution in [0.5, 0.6) is 0 Å². The summed E-state index contributed by atoms with van der Waals surface area (Å²) in [6.07, 6.45) is 6.94. The smallest absolute Gasteiger partial charge is 0.139 e. The number of hydrogen-bond acceptors (Lipinski definition) is 2. The first-order valence-corrected chi connectivity index (χ1v) is 9.30. The molecule has 2 heteroatoms. The van der Waals surface area contributed by atoms with Gasteiger partial charge in [0.2, 0.25) is 0 Å². The van der Waals surface area contributed by atoms with Crippen LogP contribution in [-0.2, 0) is 9.53 Å². The highest BCUT2D eigenvalue weighted by Crippen LogP contribution is 2.58. The van der Waals surface area contributed by atoms with Gasteiger partial charge in [-0.2, -0.15) is 0 Å². The van der Waals surface area contributed by atoms with E-state index in [0.29, 0.717) is 12.2 Å². The number of rotatable bonds is 6. The third kappa shape index (κ3) is 2.96. The van der Waals surface area contributed by atoms with Gasteiger partial charge in [-0.05, 0) is 23.1 Å². The summed E-state index contributed by atoms with van der Waals surface area (Å²) in [5, 5.41) is 0. The summed E-state index contributed by atoms with van der Waals surface area (Å²) in [6, 6.07) is 18.7. The van der Waals surface area contributed by atoms with Crippen molar-refractivity contribution in [3.05, 3.63) is 77.4 Å². The fraction of sp³-hybridized carbons (Fsp3) is 0.348. The number of ether oxygens (including phenoxy) is 1. The van der Waals surface area contributed by atoms with Gasteiger partial charge in [0.15, 0.2) is 0 Å². The zero-order valence-corrected chi connectivity index (χ0v) is 14.6. The van der Waals surface area contributed by atoms with E-state index in [9.17, 15) is 4.79 Å². The molecule has 0 unspecified atom stereocenters. The minimum atomic E-state index is -0.0732. The SMILES string of the molecule is CCCCC(=O)[C@H]1[C@@H](/C=C/c2ccccc2)[C@H]2O[C@@H]1c1ccccc12. The molecule has 128 valence electrons. The van der Waals surface area contributed by atoms with Crippen LogP contribution in [0.25, 0.3) is 6.08 Å². The van der Waals surface area contributed by atoms with E-state index in [1.165, 1.54) is 16.7 Å². The average Bonchev–Trinajstić information content (AvgIpc) is 3.22. The van der Waals surface area contributed by atoms with E-state index in [4.69, 9.17) is 4.74 Å². The number of carbonyl (C=O) groups is 1. The normalized spacial score (nSPS) is 26.9. The van der Waals surface area contributed by atoms with Crippen molar-refractivity contribution >= 4 is 11.9 Å². The van der Waals surface area contributed by atoms with E-state index in [2.05, 4.69) is 49.4 Å². The molecule has 0 aliphatic carbocycles. The molecule has 2 heterocycles. The van der Waals surface area contributed by atoms with E-state index >= 15 is 0 Å². The highest BCUT2D eigenvalue weighted by molar-refractivity contribution is 5.83. The van der Waals surface area contributed by atoms with Crippen molar-refractivity contribution in [1.29, 1.82) is 0 Å². The Morgan fingerprint density at radius 1 is 1.00 bits per heavy atom. The van der Waals surface area contributed by atoms with Crippen LogP contribution in [0, 0.1) is 11.8 Å². The summed E-state index contributed by atoms with van der Waals surface area (Å²) in [6.45, 7) is 2.13. The Hall–Kier alpha value is -2.19. The molecular weight excluding hydrogens is 308 g/mol. The number of Topliss-reactive ketones (excluding diaryl/α,β-unsaturated/α-hetero) is 1. The van der Waals surface area contributed by atoms with Gasteiger partial charge in [0.25, 0.3) is 0 Å². The van der Waals surface area contributed by atoms with Gasteiger partial charge in [-0.3, -0.25) is 4.79 Å². The molecule has 1 fully saturated rings. The number of unbranched alkanes of at least 4 members (excludes halogenated alkanes) is 1. The third-order valence-corrected chi connectivity index (χ3v) is 5.45. The van der Waals surface area contributed by atoms with Crippen molar-refractivity contribution < 1.29 is 9.53 Å². The summed E-state index contributed by atoms with van der Waals surface area (Å²) < 4.78 is 6.29. The molecule has 0 spiro atoms. The molecule has 0 radical (unpaired) electrons. The van der Waals surface area contributed by atoms with Crippen LogP contribution >= 0.6 is 0 Å². The van der Waals surface area contributed by atoms with Crippen LogP contribution in [0.15, 0.2) is 60.7 Å². The highest BCUT2D eigenvalue weighted by atomic mass is 16.5. The number of hydrogen-bond donors (Lipinski definition) is 0. The second-order valence-electron chi connectivity index (χ2n) is 7.05. The molecule has 4 rings (SSSR count). The first-order valence-electron chi connectivity index (χ1n) is 9.30. The molecule has 2 nitrogen and oxygen atoms in total. The van der Waals surface area contributed by atoms with Crippen molar-refractivity contribution in [1.82, 2.24) is 0 Å². The fourth-order valence-corrected chi connectivity index (χ4v) is 4.21. The molecule has 0 saturated carbocycles. The monoisotopic (exact) mass is 332 g/mol. The summed E-state index contributed by atoms with van der Waals surface area (Å²) >= 11 is 0. The zero-order chi connectivity index (χ0) is 17.2. The average molecular weight is 332 g/mol. The van der Waals surface area contributed by atoms with Crippen LogP contribution < -0.4 is 0 Å². The standard InChI is InChI=1S/C23H24O2/c1-2-3-13-20(24)21-19(15-14-16-9-5-4-6-10-16)22-17-11-7-8-12-18(17)23(21)25-22/h4-12,14-15,19,21-23H,2-3,13H2,1H3/b15-14+/t19-,21-,22+,23-/m1/s1. The number of fused-ring (bicyclic) bond motifs is 5. The van der Waals surface area contributed by atoms with E-state index in [-0.39, 0.29) is 24.0 Å². The molecular formula is C23H24O2. The van der Waals surface area contributed by atoms with Gasteiger partial charge in [-0.25, -0.2) is 0 Å². The first-order chi connectivity index (χ1) is 12.3. The van der Waals surface area contributed by atoms with Crippen LogP contribution in [0.2, 0.25) is 0 Å². The van der Waals surface area contributed by atoms with Gasteiger partial charge in [0.1, 0.15) is 5.78 Å². The first kappa shape index (κ1) is 16.3. The van der Waals surface area contributed by atoms with Crippen molar-refractivity contribution in [3.8, 4) is 0 Å². The Morgan fingerprint density at radius 2 is 1.68 bits per heavy atom. The maximum absolute atomic E-state index is 12.9. The van der Waals surface area contributed by atoms with Crippen molar-refractivity contribution in [3.63, 3.8) is 0 Å². The van der Waals surface area contributed by atoms with Crippen LogP contribution in [0.1, 0.15) is 55.1 Å². The van der Waals surface area contributed by atoms with E-state index in [1.807, 2.05) is 24.3 Å². The summed E-state index contributed by atoms with van der Waals surface area (Å²) in [5.74, 6) is 0.433. The summed E-state index contributed by atoms with van der Waals surface area (Å²) in [7, 11) is 0. The Morgan fingerprint density at radius 3 is 2.40 bits per heavy atom. The van der Waals surface area contributed by atoms with Crippen molar-refractivity contribution in [2.75, 3.05) is 0 Å². The van der Waals surface area contributed by atoms with Crippen molar-refractivity contribution in [2.24, 2.45) is 11.8 Å². The largest absolute Gasteiger partial charge is 0.364 e. The lowest BCUT2D eigenvalue weighted by Crippen LogP contribution is -2.27. The topological polar surface area (TPSA) is 26.3 Å².